The fraction of sp³-hybridized carbons (Fsp3) is 0.182. The van der Waals surface area contributed by atoms with Crippen molar-refractivity contribution in [3.8, 4) is 0 Å². The molecule has 3 N–H and O–H groups in total. The number of hydrogen-bond acceptors (Lipinski definition) is 5. The van der Waals surface area contributed by atoms with E-state index in [0.29, 0.717) is 24.4 Å². The molecule has 0 aliphatic carbocycles. The summed E-state index contributed by atoms with van der Waals surface area (Å²) in [4.78, 5) is 15.5. The Morgan fingerprint density at radius 2 is 2.33 bits per heavy atom. The van der Waals surface area contributed by atoms with Crippen LogP contribution < -0.4 is 11.1 Å². The molecule has 1 aromatic carbocycles. The van der Waals surface area contributed by atoms with Gasteiger partial charge in [-0.1, -0.05) is 5.16 Å². The Kier molecular flexibility index (Phi) is 3.52. The second-order valence-corrected chi connectivity index (χ2v) is 3.59. The molecule has 0 fully saturated rings. The number of halogens is 1. The first-order valence-corrected chi connectivity index (χ1v) is 5.25. The minimum atomic E-state index is -0.543. The van der Waals surface area contributed by atoms with E-state index in [1.807, 2.05) is 0 Å². The van der Waals surface area contributed by atoms with E-state index in [2.05, 4.69) is 20.0 Å². The number of carbonyl (C=O) groups excluding carboxylic acids is 1. The largest absolute Gasteiger partial charge is 0.396 e. The lowest BCUT2D eigenvalue weighted by Gasteiger charge is -2.04. The number of amides is 1. The Hall–Kier alpha value is -2.44. The van der Waals surface area contributed by atoms with Crippen molar-refractivity contribution in [3.63, 3.8) is 0 Å². The van der Waals surface area contributed by atoms with E-state index in [0.717, 1.165) is 6.07 Å². The van der Waals surface area contributed by atoms with Crippen LogP contribution >= 0.6 is 0 Å². The summed E-state index contributed by atoms with van der Waals surface area (Å²) in [5.41, 5.74) is 5.63. The Morgan fingerprint density at radius 1 is 1.50 bits per heavy atom. The van der Waals surface area contributed by atoms with Gasteiger partial charge in [0.1, 0.15) is 5.82 Å². The molecule has 0 saturated carbocycles. The summed E-state index contributed by atoms with van der Waals surface area (Å²) in [6.45, 7) is 0.357. The highest BCUT2D eigenvalue weighted by atomic mass is 19.1. The number of nitrogens with two attached hydrogens (primary N) is 1. The molecule has 0 aliphatic heterocycles. The number of rotatable bonds is 4. The van der Waals surface area contributed by atoms with Crippen molar-refractivity contribution in [2.24, 2.45) is 0 Å². The van der Waals surface area contributed by atoms with Crippen LogP contribution in [0.25, 0.3) is 0 Å². The fourth-order valence-electron chi connectivity index (χ4n) is 1.38. The van der Waals surface area contributed by atoms with Gasteiger partial charge in [0, 0.05) is 18.5 Å². The van der Waals surface area contributed by atoms with Crippen molar-refractivity contribution in [1.29, 1.82) is 0 Å². The quantitative estimate of drug-likeness (QED) is 0.781. The number of hydrogen-bond donors (Lipinski definition) is 2. The molecule has 0 radical (unpaired) electrons. The predicted molar refractivity (Wildman–Crippen MR) is 61.1 cm³/mol. The summed E-state index contributed by atoms with van der Waals surface area (Å²) in [5, 5.41) is 6.25. The summed E-state index contributed by atoms with van der Waals surface area (Å²) >= 11 is 0. The highest BCUT2D eigenvalue weighted by Gasteiger charge is 2.08. The third-order valence-electron chi connectivity index (χ3n) is 2.30. The summed E-state index contributed by atoms with van der Waals surface area (Å²) in [5.74, 6) is -0.363. The first-order chi connectivity index (χ1) is 8.66. The lowest BCUT2D eigenvalue weighted by Crippen LogP contribution is -2.26. The zero-order valence-electron chi connectivity index (χ0n) is 9.39. The molecule has 0 saturated heterocycles. The van der Waals surface area contributed by atoms with Gasteiger partial charge < -0.3 is 15.6 Å². The van der Waals surface area contributed by atoms with Crippen molar-refractivity contribution in [2.75, 3.05) is 12.3 Å². The van der Waals surface area contributed by atoms with E-state index in [-0.39, 0.29) is 11.6 Å². The van der Waals surface area contributed by atoms with Gasteiger partial charge in [0.25, 0.3) is 5.91 Å². The average molecular weight is 250 g/mol. The molecule has 1 aromatic heterocycles. The van der Waals surface area contributed by atoms with Gasteiger partial charge in [-0.25, -0.2) is 4.39 Å². The van der Waals surface area contributed by atoms with Crippen molar-refractivity contribution >= 4 is 11.6 Å². The van der Waals surface area contributed by atoms with E-state index in [9.17, 15) is 9.18 Å². The van der Waals surface area contributed by atoms with Crippen LogP contribution in [0.3, 0.4) is 0 Å². The van der Waals surface area contributed by atoms with Crippen molar-refractivity contribution in [2.45, 2.75) is 6.42 Å². The number of nitrogen functional groups attached to an aromatic ring is 1. The lowest BCUT2D eigenvalue weighted by molar-refractivity contribution is 0.0954. The van der Waals surface area contributed by atoms with Crippen molar-refractivity contribution in [1.82, 2.24) is 15.5 Å². The van der Waals surface area contributed by atoms with Gasteiger partial charge >= 0.3 is 0 Å². The third kappa shape index (κ3) is 2.82. The number of benzene rings is 1. The van der Waals surface area contributed by atoms with Crippen LogP contribution in [-0.2, 0) is 6.42 Å². The van der Waals surface area contributed by atoms with E-state index in [1.54, 1.807) is 0 Å². The molecule has 18 heavy (non-hydrogen) atoms. The SMILES string of the molecule is Nc1cc(C(=O)NCCc2ncon2)ccc1F. The second kappa shape index (κ2) is 5.26. The average Bonchev–Trinajstić information content (AvgIpc) is 2.85. The van der Waals surface area contributed by atoms with E-state index >= 15 is 0 Å². The predicted octanol–water partition coefficient (Wildman–Crippen LogP) is 0.763. The third-order valence-corrected chi connectivity index (χ3v) is 2.30. The summed E-state index contributed by atoms with van der Waals surface area (Å²) in [6, 6.07) is 3.82. The minimum absolute atomic E-state index is 0.0548. The van der Waals surface area contributed by atoms with E-state index in [1.165, 1.54) is 18.5 Å². The molecule has 0 spiro atoms. The van der Waals surface area contributed by atoms with Crippen LogP contribution in [-0.4, -0.2) is 22.6 Å². The summed E-state index contributed by atoms with van der Waals surface area (Å²) < 4.78 is 17.5. The Balaban J connectivity index is 1.89. The number of anilines is 1. The lowest BCUT2D eigenvalue weighted by atomic mass is 10.2. The molecule has 2 rings (SSSR count). The smallest absolute Gasteiger partial charge is 0.251 e. The number of nitrogens with zero attached hydrogens (tertiary/aromatic N) is 2. The van der Waals surface area contributed by atoms with Crippen molar-refractivity contribution in [3.05, 3.63) is 41.8 Å². The molecule has 0 atom stereocenters. The highest BCUT2D eigenvalue weighted by molar-refractivity contribution is 5.95. The Morgan fingerprint density at radius 3 is 3.00 bits per heavy atom. The minimum Gasteiger partial charge on any atom is -0.396 e. The van der Waals surface area contributed by atoms with E-state index < -0.39 is 5.82 Å². The van der Waals surface area contributed by atoms with Gasteiger partial charge in [0.2, 0.25) is 6.39 Å². The number of carbonyl (C=O) groups is 1. The zero-order chi connectivity index (χ0) is 13.0. The molecule has 7 heteroatoms. The van der Waals surface area contributed by atoms with Crippen LogP contribution in [0.15, 0.2) is 29.1 Å². The fourth-order valence-corrected chi connectivity index (χ4v) is 1.38. The molecule has 1 amide bonds. The van der Waals surface area contributed by atoms with Gasteiger partial charge in [-0.05, 0) is 18.2 Å². The number of nitrogens with one attached hydrogen (secondary N) is 1. The first kappa shape index (κ1) is 12.0. The normalized spacial score (nSPS) is 10.3. The molecule has 94 valence electrons. The first-order valence-electron chi connectivity index (χ1n) is 5.25. The monoisotopic (exact) mass is 250 g/mol. The van der Waals surface area contributed by atoms with Crippen LogP contribution in [0, 0.1) is 5.82 Å². The number of aromatic nitrogens is 2. The maximum Gasteiger partial charge on any atom is 0.251 e. The molecular weight excluding hydrogens is 239 g/mol. The second-order valence-electron chi connectivity index (χ2n) is 3.59. The molecular formula is C11H11FN4O2. The van der Waals surface area contributed by atoms with Gasteiger partial charge in [0.15, 0.2) is 5.82 Å². The molecule has 6 nitrogen and oxygen atoms in total. The van der Waals surface area contributed by atoms with Gasteiger partial charge in [-0.2, -0.15) is 4.98 Å². The van der Waals surface area contributed by atoms with E-state index in [4.69, 9.17) is 5.73 Å². The van der Waals surface area contributed by atoms with Crippen LogP contribution in [0.1, 0.15) is 16.2 Å². The molecule has 1 heterocycles. The van der Waals surface area contributed by atoms with Crippen molar-refractivity contribution < 1.29 is 13.7 Å². The van der Waals surface area contributed by atoms with Gasteiger partial charge in [0.05, 0.1) is 5.69 Å². The molecule has 0 unspecified atom stereocenters. The zero-order valence-corrected chi connectivity index (χ0v) is 9.39. The Labute approximate surface area is 102 Å². The topological polar surface area (TPSA) is 94.0 Å². The van der Waals surface area contributed by atoms with Gasteiger partial charge in [-0.3, -0.25) is 4.79 Å². The maximum atomic E-state index is 12.9. The summed E-state index contributed by atoms with van der Waals surface area (Å²) in [7, 11) is 0. The molecule has 0 aliphatic rings. The summed E-state index contributed by atoms with van der Waals surface area (Å²) in [6.07, 6.45) is 1.68. The van der Waals surface area contributed by atoms with Gasteiger partial charge in [-0.15, -0.1) is 0 Å². The molecule has 2 aromatic rings. The molecule has 0 bridgehead atoms. The van der Waals surface area contributed by atoms with Crippen LogP contribution in [0.2, 0.25) is 0 Å². The van der Waals surface area contributed by atoms with Crippen LogP contribution in [0.5, 0.6) is 0 Å². The van der Waals surface area contributed by atoms with Crippen LogP contribution in [0.4, 0.5) is 10.1 Å². The maximum absolute atomic E-state index is 12.9. The highest BCUT2D eigenvalue weighted by Crippen LogP contribution is 2.11. The Bertz CT molecular complexity index is 542. The standard InChI is InChI=1S/C11H11FN4O2/c12-8-2-1-7(5-9(8)13)11(17)14-4-3-10-15-6-18-16-10/h1-2,5-6H,3-4,13H2,(H,14,17).